The molecule has 0 aliphatic carbocycles. The highest BCUT2D eigenvalue weighted by molar-refractivity contribution is 7.90. The van der Waals surface area contributed by atoms with Gasteiger partial charge in [0.15, 0.2) is 29.2 Å². The van der Waals surface area contributed by atoms with Gasteiger partial charge >= 0.3 is 23.5 Å². The molecule has 6 heterocycles. The third-order valence-electron chi connectivity index (χ3n) is 8.01. The number of aliphatic hydroxyl groups is 3. The fourth-order valence-corrected chi connectivity index (χ4v) is 9.48. The molecule has 24 nitrogen and oxygen atoms in total. The minimum absolute atomic E-state index is 0.00787. The lowest BCUT2D eigenvalue weighted by molar-refractivity contribution is -0.122. The Morgan fingerprint density at radius 2 is 1.61 bits per heavy atom. The molecule has 2 aromatic heterocycles. The standard InChI is InChI=1S/C21H30N7O17P3S/c22-16-11-17(25-6-24-16)28(7-26-11)19-15(44-46(33,34)35)13(30)9(43-19)4-41-48(38,39)45-47(36,37)40-3-8-12(29)14(31)18(42-8)27-2-1-10-21(5-27,49-10)20(23)32/h1-2,6-10,12-15,18-19,29-31H,3-5H2,(H2,23,32)(H,36,37)(H,38,39)(H2,22,24,25)(H2,33,34,35)/p+1/t8-,9-,10-,12-,13-,14-,15-,18-,19-,21+/m1/s1. The number of aromatic nitrogens is 4. The van der Waals surface area contributed by atoms with E-state index >= 15 is 0 Å². The lowest BCUT2D eigenvalue weighted by atomic mass is 10.0. The van der Waals surface area contributed by atoms with Gasteiger partial charge in [-0.05, 0) is 6.08 Å². The number of aliphatic hydroxyl groups excluding tert-OH is 3. The van der Waals surface area contributed by atoms with E-state index in [2.05, 4.69) is 19.3 Å². The molecule has 6 rings (SSSR count). The van der Waals surface area contributed by atoms with E-state index in [4.69, 9.17) is 34.5 Å². The maximum absolute atomic E-state index is 12.6. The summed E-state index contributed by atoms with van der Waals surface area (Å²) in [4.78, 5) is 64.2. The van der Waals surface area contributed by atoms with E-state index in [1.807, 2.05) is 0 Å². The van der Waals surface area contributed by atoms with Gasteiger partial charge < -0.3 is 60.7 Å². The van der Waals surface area contributed by atoms with Crippen molar-refractivity contribution in [1.29, 1.82) is 0 Å². The van der Waals surface area contributed by atoms with Crippen molar-refractivity contribution in [3.63, 3.8) is 0 Å². The first-order valence-electron chi connectivity index (χ1n) is 13.9. The van der Waals surface area contributed by atoms with Crippen LogP contribution in [0.2, 0.25) is 0 Å². The highest BCUT2D eigenvalue weighted by atomic mass is 32.2. The number of nitrogens with zero attached hydrogens (tertiary/aromatic N) is 5. The van der Waals surface area contributed by atoms with Crippen molar-refractivity contribution in [2.24, 2.45) is 5.73 Å². The van der Waals surface area contributed by atoms with Crippen molar-refractivity contribution in [1.82, 2.24) is 24.4 Å². The van der Waals surface area contributed by atoms with Gasteiger partial charge in [0.25, 0.3) is 10.7 Å². The summed E-state index contributed by atoms with van der Waals surface area (Å²) in [6.07, 6.45) is -7.46. The second-order valence-electron chi connectivity index (χ2n) is 11.2. The van der Waals surface area contributed by atoms with E-state index in [0.29, 0.717) is 0 Å². The Labute approximate surface area is 278 Å². The highest BCUT2D eigenvalue weighted by Crippen LogP contribution is 2.61. The van der Waals surface area contributed by atoms with Crippen LogP contribution in [-0.4, -0.2) is 138 Å². The predicted octanol–water partition coefficient (Wildman–Crippen LogP) is -3.91. The zero-order valence-electron chi connectivity index (χ0n) is 24.5. The average Bonchev–Trinajstić information content (AvgIpc) is 3.33. The molecule has 4 aliphatic rings. The first-order valence-corrected chi connectivity index (χ1v) is 19.4. The van der Waals surface area contributed by atoms with Crippen molar-refractivity contribution in [2.45, 2.75) is 59.1 Å². The Kier molecular flexibility index (Phi) is 9.83. The number of imidazole rings is 1. The maximum Gasteiger partial charge on any atom is 0.481 e. The van der Waals surface area contributed by atoms with Crippen LogP contribution in [0.1, 0.15) is 6.23 Å². The number of amides is 1. The summed E-state index contributed by atoms with van der Waals surface area (Å²) in [5.41, 5.74) is 11.3. The largest absolute Gasteiger partial charge is 0.481 e. The zero-order valence-corrected chi connectivity index (χ0v) is 28.1. The number of carbonyl (C=O) groups is 1. The minimum atomic E-state index is -5.52. The Morgan fingerprint density at radius 3 is 2.24 bits per heavy atom. The van der Waals surface area contributed by atoms with Gasteiger partial charge in [-0.3, -0.25) is 22.9 Å². The van der Waals surface area contributed by atoms with Crippen LogP contribution in [0.4, 0.5) is 5.82 Å². The van der Waals surface area contributed by atoms with Gasteiger partial charge in [0, 0.05) is 18.0 Å². The molecule has 3 fully saturated rings. The summed E-state index contributed by atoms with van der Waals surface area (Å²) < 4.78 is 66.7. The summed E-state index contributed by atoms with van der Waals surface area (Å²) in [7, 11) is -16.2. The number of carbonyl (C=O) groups excluding carboxylic acids is 1. The first-order chi connectivity index (χ1) is 22.8. The van der Waals surface area contributed by atoms with Gasteiger partial charge in [-0.15, -0.1) is 0 Å². The molecule has 1 amide bonds. The van der Waals surface area contributed by atoms with Crippen molar-refractivity contribution in [3.8, 4) is 0 Å². The van der Waals surface area contributed by atoms with Crippen LogP contribution in [0.15, 0.2) is 24.9 Å². The van der Waals surface area contributed by atoms with Crippen molar-refractivity contribution in [3.05, 3.63) is 24.9 Å². The third-order valence-corrected chi connectivity index (χ3v) is 12.8. The van der Waals surface area contributed by atoms with Crippen LogP contribution in [0.3, 0.4) is 0 Å². The second kappa shape index (κ2) is 13.1. The summed E-state index contributed by atoms with van der Waals surface area (Å²) in [5, 5.41) is 31.7. The Bertz CT molecular complexity index is 1780. The van der Waals surface area contributed by atoms with Gasteiger partial charge in [0.1, 0.15) is 48.5 Å². The molecule has 0 saturated carbocycles. The molecule has 0 radical (unpaired) electrons. The molecule has 3 saturated heterocycles. The summed E-state index contributed by atoms with van der Waals surface area (Å²) in [6, 6.07) is 0. The smallest absolute Gasteiger partial charge is 0.387 e. The van der Waals surface area contributed by atoms with Gasteiger partial charge in [-0.1, -0.05) is 0 Å². The van der Waals surface area contributed by atoms with Gasteiger partial charge in [-0.25, -0.2) is 28.6 Å². The number of phosphoric ester groups is 3. The fraction of sp³-hybridized carbons (Fsp3) is 0.619. The first kappa shape index (κ1) is 36.7. The molecule has 0 bridgehead atoms. The number of anilines is 1. The molecule has 11 N–H and O–H groups in total. The Hall–Kier alpha value is -2.12. The van der Waals surface area contributed by atoms with Crippen LogP contribution in [0, 0.1) is 0 Å². The molecule has 0 aromatic carbocycles. The Balaban J connectivity index is 1.06. The minimum Gasteiger partial charge on any atom is -0.387 e. The molecule has 2 unspecified atom stereocenters. The molecule has 4 aliphatic heterocycles. The number of primary amides is 1. The van der Waals surface area contributed by atoms with Crippen LogP contribution in [0.25, 0.3) is 11.2 Å². The molecule has 0 spiro atoms. The number of ether oxygens (including phenoxy) is 2. The molecule has 2 aromatic rings. The number of hydrogen-bond acceptors (Lipinski definition) is 18. The van der Waals surface area contributed by atoms with Gasteiger partial charge in [0.05, 0.1) is 26.1 Å². The number of nitrogens with two attached hydrogens (primary N) is 2. The number of fused-ring (bicyclic) bond motifs is 2. The van der Waals surface area contributed by atoms with Crippen LogP contribution >= 0.6 is 23.5 Å². The SMILES string of the molecule is NC(=O)[C@]12CN([C@@H]3O[C@H](COP(=O)(O)OP(=O)(O)OC[C@H]4O[C@@H](n5cnc6c(N)ncnc65)[C@H](OP(=O)(O)O)[C@@H]4O)[C@@H](O)[C@H]3O)C=C[C@H]1[SH+]2. The molecule has 49 heavy (non-hydrogen) atoms. The number of thiol groups is 1. The van der Waals surface area contributed by atoms with E-state index in [1.165, 1.54) is 4.90 Å². The van der Waals surface area contributed by atoms with Gasteiger partial charge in [-0.2, -0.15) is 4.31 Å². The van der Waals surface area contributed by atoms with Crippen molar-refractivity contribution in [2.75, 3.05) is 25.5 Å². The third kappa shape index (κ3) is 7.45. The monoisotopic (exact) mass is 778 g/mol. The number of phosphoric acid groups is 3. The maximum atomic E-state index is 12.6. The number of rotatable bonds is 13. The van der Waals surface area contributed by atoms with Crippen LogP contribution < -0.4 is 11.5 Å². The fourth-order valence-electron chi connectivity index (χ4n) is 5.59. The summed E-state index contributed by atoms with van der Waals surface area (Å²) >= 11 is 0.770. The topological polar surface area (TPSA) is 364 Å². The molecular formula is C21H31N7O17P3S+. The van der Waals surface area contributed by atoms with Crippen molar-refractivity contribution >= 4 is 58.1 Å². The van der Waals surface area contributed by atoms with Crippen molar-refractivity contribution < 1.29 is 80.7 Å². The summed E-state index contributed by atoms with van der Waals surface area (Å²) in [5.74, 6) is -0.604. The van der Waals surface area contributed by atoms with E-state index in [-0.39, 0.29) is 28.8 Å². The number of nitrogen functional groups attached to an aromatic ring is 1. The Morgan fingerprint density at radius 1 is 0.980 bits per heavy atom. The normalized spacial score (nSPS) is 36.8. The predicted molar refractivity (Wildman–Crippen MR) is 160 cm³/mol. The average molecular weight is 779 g/mol. The van der Waals surface area contributed by atoms with Gasteiger partial charge in [0.2, 0.25) is 0 Å². The van der Waals surface area contributed by atoms with E-state index in [0.717, 1.165) is 29.0 Å². The molecule has 12 atom stereocenters. The molecule has 28 heteroatoms. The van der Waals surface area contributed by atoms with E-state index in [1.54, 1.807) is 12.3 Å². The van der Waals surface area contributed by atoms with E-state index in [9.17, 15) is 53.4 Å². The highest BCUT2D eigenvalue weighted by Gasteiger charge is 2.73. The number of hydrogen-bond donors (Lipinski definition) is 9. The molecule has 272 valence electrons. The summed E-state index contributed by atoms with van der Waals surface area (Å²) in [6.45, 7) is -1.92. The lowest BCUT2D eigenvalue weighted by Crippen LogP contribution is -2.51. The zero-order chi connectivity index (χ0) is 35.7. The van der Waals surface area contributed by atoms with Crippen LogP contribution in [0.5, 0.6) is 0 Å². The lowest BCUT2D eigenvalue weighted by Gasteiger charge is -2.31. The van der Waals surface area contributed by atoms with Crippen LogP contribution in [-0.2, 0) is 57.6 Å². The second-order valence-corrected chi connectivity index (χ2v) is 17.1. The molecular weight excluding hydrogens is 747 g/mol. The quantitative estimate of drug-likeness (QED) is 0.0406. The van der Waals surface area contributed by atoms with E-state index < -0.39 is 96.4 Å².